The van der Waals surface area contributed by atoms with Crippen LogP contribution < -0.4 is 10.6 Å². The van der Waals surface area contributed by atoms with Crippen molar-refractivity contribution in [2.24, 2.45) is 5.73 Å². The van der Waals surface area contributed by atoms with E-state index in [4.69, 9.17) is 28.9 Å². The number of nitrogens with zero attached hydrogens (tertiary/aromatic N) is 1. The first kappa shape index (κ1) is 17.5. The third-order valence-corrected chi connectivity index (χ3v) is 6.53. The van der Waals surface area contributed by atoms with Crippen molar-refractivity contribution in [1.82, 2.24) is 4.31 Å². The Morgan fingerprint density at radius 3 is 2.45 bits per heavy atom. The number of nitrogens with two attached hydrogens (primary N) is 1. The molecule has 0 spiro atoms. The van der Waals surface area contributed by atoms with Crippen LogP contribution in [0.1, 0.15) is 6.92 Å². The number of carbonyl (C=O) groups excluding carboxylic acids is 1. The standard InChI is InChI=1S/C13H17Cl2N3O3S/c1-9(13(16)19)17-4-6-18(7-5-17)22(20,21)12-8-10(14)2-3-11(12)15/h2-3,8-9H,4-7H2,1H3,(H2,16,19)/p+1/t9-/m0/s1. The number of primary amides is 1. The number of nitrogens with one attached hydrogen (secondary N) is 1. The van der Waals surface area contributed by atoms with Crippen molar-refractivity contribution < 1.29 is 18.1 Å². The van der Waals surface area contributed by atoms with Gasteiger partial charge in [-0.15, -0.1) is 0 Å². The number of quaternary nitrogens is 1. The highest BCUT2D eigenvalue weighted by Crippen LogP contribution is 2.27. The zero-order chi connectivity index (χ0) is 16.5. The molecule has 1 amide bonds. The Balaban J connectivity index is 2.16. The molecule has 0 bridgehead atoms. The Bertz CT molecular complexity index is 673. The fraction of sp³-hybridized carbons (Fsp3) is 0.462. The summed E-state index contributed by atoms with van der Waals surface area (Å²) in [4.78, 5) is 12.2. The zero-order valence-electron chi connectivity index (χ0n) is 12.1. The minimum Gasteiger partial charge on any atom is -0.365 e. The quantitative estimate of drug-likeness (QED) is 0.770. The number of hydrogen-bond donors (Lipinski definition) is 2. The van der Waals surface area contributed by atoms with Crippen LogP contribution in [0.4, 0.5) is 0 Å². The first-order valence-corrected chi connectivity index (χ1v) is 9.02. The third-order valence-electron chi connectivity index (χ3n) is 3.91. The fourth-order valence-electron chi connectivity index (χ4n) is 2.46. The van der Waals surface area contributed by atoms with Gasteiger partial charge >= 0.3 is 0 Å². The van der Waals surface area contributed by atoms with Gasteiger partial charge in [0, 0.05) is 5.02 Å². The summed E-state index contributed by atoms with van der Waals surface area (Å²) in [7, 11) is -3.70. The molecule has 9 heteroatoms. The molecule has 1 aliphatic rings. The van der Waals surface area contributed by atoms with E-state index in [0.29, 0.717) is 31.2 Å². The molecule has 1 heterocycles. The number of piperazine rings is 1. The van der Waals surface area contributed by atoms with Gasteiger partial charge in [0.15, 0.2) is 6.04 Å². The molecule has 22 heavy (non-hydrogen) atoms. The fourth-order valence-corrected chi connectivity index (χ4v) is 4.64. The molecule has 0 unspecified atom stereocenters. The molecule has 1 aromatic rings. The smallest absolute Gasteiger partial charge is 0.275 e. The van der Waals surface area contributed by atoms with Crippen molar-refractivity contribution in [2.45, 2.75) is 17.9 Å². The number of halogens is 2. The van der Waals surface area contributed by atoms with Gasteiger partial charge in [-0.1, -0.05) is 23.2 Å². The summed E-state index contributed by atoms with van der Waals surface area (Å²) in [5.41, 5.74) is 5.29. The molecule has 3 N–H and O–H groups in total. The Hall–Kier alpha value is -0.860. The van der Waals surface area contributed by atoms with E-state index in [1.807, 2.05) is 0 Å². The second-order valence-corrected chi connectivity index (χ2v) is 8.01. The maximum Gasteiger partial charge on any atom is 0.275 e. The van der Waals surface area contributed by atoms with Gasteiger partial charge in [-0.05, 0) is 25.1 Å². The van der Waals surface area contributed by atoms with Gasteiger partial charge in [-0.25, -0.2) is 8.42 Å². The second kappa shape index (κ2) is 6.72. The highest BCUT2D eigenvalue weighted by Gasteiger charge is 2.34. The molecule has 1 aliphatic heterocycles. The molecule has 0 saturated carbocycles. The van der Waals surface area contributed by atoms with Gasteiger partial charge in [0.1, 0.15) is 4.90 Å². The topological polar surface area (TPSA) is 84.9 Å². The molecule has 1 atom stereocenters. The van der Waals surface area contributed by atoms with Crippen molar-refractivity contribution in [2.75, 3.05) is 26.2 Å². The molecule has 1 fully saturated rings. The minimum absolute atomic E-state index is 0.00747. The number of sulfonamides is 1. The maximum absolute atomic E-state index is 12.7. The van der Waals surface area contributed by atoms with Crippen LogP contribution in [0.3, 0.4) is 0 Å². The normalized spacial score (nSPS) is 19.0. The highest BCUT2D eigenvalue weighted by atomic mass is 35.5. The molecule has 1 aromatic carbocycles. The van der Waals surface area contributed by atoms with Crippen LogP contribution in [0, 0.1) is 0 Å². The molecule has 0 radical (unpaired) electrons. The van der Waals surface area contributed by atoms with Gasteiger partial charge in [0.05, 0.1) is 31.2 Å². The summed E-state index contributed by atoms with van der Waals surface area (Å²) in [5.74, 6) is -0.385. The number of rotatable bonds is 4. The Kier molecular flexibility index (Phi) is 5.34. The Morgan fingerprint density at radius 2 is 1.91 bits per heavy atom. The minimum atomic E-state index is -3.70. The van der Waals surface area contributed by atoms with Crippen molar-refractivity contribution in [3.05, 3.63) is 28.2 Å². The summed E-state index contributed by atoms with van der Waals surface area (Å²) >= 11 is 11.9. The van der Waals surface area contributed by atoms with Crippen LogP contribution in [-0.4, -0.2) is 50.9 Å². The van der Waals surface area contributed by atoms with E-state index in [9.17, 15) is 13.2 Å². The summed E-state index contributed by atoms with van der Waals surface area (Å²) in [6.07, 6.45) is 0. The molecule has 1 saturated heterocycles. The molecular formula is C13H18Cl2N3O3S+. The molecule has 6 nitrogen and oxygen atoms in total. The van der Waals surface area contributed by atoms with E-state index in [0.717, 1.165) is 4.90 Å². The molecule has 2 rings (SSSR count). The van der Waals surface area contributed by atoms with Gasteiger partial charge in [-0.2, -0.15) is 4.31 Å². The lowest BCUT2D eigenvalue weighted by atomic mass is 10.2. The molecule has 0 aromatic heterocycles. The van der Waals surface area contributed by atoms with E-state index >= 15 is 0 Å². The lowest BCUT2D eigenvalue weighted by molar-refractivity contribution is -0.917. The second-order valence-electron chi connectivity index (χ2n) is 5.26. The van der Waals surface area contributed by atoms with Gasteiger partial charge in [-0.3, -0.25) is 4.79 Å². The van der Waals surface area contributed by atoms with E-state index < -0.39 is 10.0 Å². The van der Waals surface area contributed by atoms with Gasteiger partial charge < -0.3 is 10.6 Å². The van der Waals surface area contributed by atoms with Crippen molar-refractivity contribution in [3.8, 4) is 0 Å². The summed E-state index contributed by atoms with van der Waals surface area (Å²) < 4.78 is 26.7. The van der Waals surface area contributed by atoms with Crippen LogP contribution in [0.2, 0.25) is 10.0 Å². The van der Waals surface area contributed by atoms with E-state index in [-0.39, 0.29) is 21.9 Å². The highest BCUT2D eigenvalue weighted by molar-refractivity contribution is 7.89. The van der Waals surface area contributed by atoms with Crippen LogP contribution in [-0.2, 0) is 14.8 Å². The van der Waals surface area contributed by atoms with E-state index in [1.54, 1.807) is 13.0 Å². The molecule has 0 aliphatic carbocycles. The van der Waals surface area contributed by atoms with Crippen LogP contribution in [0.5, 0.6) is 0 Å². The first-order chi connectivity index (χ1) is 10.2. The lowest BCUT2D eigenvalue weighted by Crippen LogP contribution is -3.19. The monoisotopic (exact) mass is 366 g/mol. The number of carbonyl (C=O) groups is 1. The Labute approximate surface area is 139 Å². The van der Waals surface area contributed by atoms with Crippen molar-refractivity contribution in [1.29, 1.82) is 0 Å². The van der Waals surface area contributed by atoms with E-state index in [2.05, 4.69) is 0 Å². The van der Waals surface area contributed by atoms with Crippen LogP contribution in [0.25, 0.3) is 0 Å². The average molecular weight is 367 g/mol. The molecular weight excluding hydrogens is 349 g/mol. The number of benzene rings is 1. The average Bonchev–Trinajstić information content (AvgIpc) is 2.48. The van der Waals surface area contributed by atoms with Crippen molar-refractivity contribution >= 4 is 39.1 Å². The zero-order valence-corrected chi connectivity index (χ0v) is 14.4. The number of hydrogen-bond acceptors (Lipinski definition) is 3. The maximum atomic E-state index is 12.7. The summed E-state index contributed by atoms with van der Waals surface area (Å²) in [6, 6.07) is 4.02. The lowest BCUT2D eigenvalue weighted by Gasteiger charge is -2.33. The third kappa shape index (κ3) is 3.55. The van der Waals surface area contributed by atoms with Crippen LogP contribution in [0.15, 0.2) is 23.1 Å². The van der Waals surface area contributed by atoms with Crippen molar-refractivity contribution in [3.63, 3.8) is 0 Å². The van der Waals surface area contributed by atoms with Gasteiger partial charge in [0.2, 0.25) is 10.0 Å². The van der Waals surface area contributed by atoms with E-state index in [1.165, 1.54) is 16.4 Å². The largest absolute Gasteiger partial charge is 0.365 e. The predicted octanol–water partition coefficient (Wildman–Crippen LogP) is -0.244. The SMILES string of the molecule is C[C@@H](C(N)=O)[NH+]1CCN(S(=O)(=O)c2cc(Cl)ccc2Cl)CC1. The summed E-state index contributed by atoms with van der Waals surface area (Å²) in [5, 5.41) is 0.458. The predicted molar refractivity (Wildman–Crippen MR) is 84.6 cm³/mol. The summed E-state index contributed by atoms with van der Waals surface area (Å²) in [6.45, 7) is 3.38. The van der Waals surface area contributed by atoms with Gasteiger partial charge in [0.25, 0.3) is 5.91 Å². The van der Waals surface area contributed by atoms with Crippen LogP contribution >= 0.6 is 23.2 Å². The first-order valence-electron chi connectivity index (χ1n) is 6.82. The molecule has 122 valence electrons. The Morgan fingerprint density at radius 1 is 1.32 bits per heavy atom. The number of amides is 1.